The Bertz CT molecular complexity index is 402. The minimum Gasteiger partial charge on any atom is -0.496 e. The number of ketones is 1. The number of methoxy groups -OCH3 is 1. The number of halogens is 3. The molecule has 0 radical (unpaired) electrons. The second-order valence-electron chi connectivity index (χ2n) is 2.90. The molecule has 0 aromatic heterocycles. The summed E-state index contributed by atoms with van der Waals surface area (Å²) in [5.74, 6) is -1.39. The third-order valence-electron chi connectivity index (χ3n) is 1.90. The van der Waals surface area contributed by atoms with E-state index >= 15 is 0 Å². The van der Waals surface area contributed by atoms with Crippen LogP contribution in [0.1, 0.15) is 10.4 Å². The fourth-order valence-electron chi connectivity index (χ4n) is 1.14. The van der Waals surface area contributed by atoms with Crippen molar-refractivity contribution in [1.29, 1.82) is 0 Å². The molecule has 0 saturated heterocycles. The summed E-state index contributed by atoms with van der Waals surface area (Å²) in [6, 6.07) is 3.64. The summed E-state index contributed by atoms with van der Waals surface area (Å²) >= 11 is 1.22. The largest absolute Gasteiger partial charge is 0.496 e. The molecule has 0 fully saturated rings. The monoisotopic (exact) mass is 250 g/mol. The number of benzene rings is 1. The minimum atomic E-state index is -4.84. The van der Waals surface area contributed by atoms with Gasteiger partial charge in [-0.25, -0.2) is 0 Å². The van der Waals surface area contributed by atoms with Gasteiger partial charge in [0.2, 0.25) is 0 Å². The van der Waals surface area contributed by atoms with Crippen molar-refractivity contribution in [3.05, 3.63) is 23.8 Å². The first-order chi connectivity index (χ1) is 7.40. The zero-order valence-electron chi connectivity index (χ0n) is 8.59. The van der Waals surface area contributed by atoms with E-state index in [1.807, 2.05) is 0 Å². The average Bonchev–Trinajstić information content (AvgIpc) is 2.25. The number of ether oxygens (including phenoxy) is 1. The van der Waals surface area contributed by atoms with Crippen LogP contribution in [0.5, 0.6) is 5.75 Å². The molecule has 0 unspecified atom stereocenters. The van der Waals surface area contributed by atoms with Gasteiger partial charge in [0.1, 0.15) is 5.75 Å². The number of thioether (sulfide) groups is 1. The lowest BCUT2D eigenvalue weighted by molar-refractivity contribution is -0.0885. The van der Waals surface area contributed by atoms with Crippen LogP contribution in [0.3, 0.4) is 0 Å². The van der Waals surface area contributed by atoms with E-state index in [2.05, 4.69) is 0 Å². The molecule has 0 spiro atoms. The highest BCUT2D eigenvalue weighted by molar-refractivity contribution is 7.98. The van der Waals surface area contributed by atoms with Crippen molar-refractivity contribution in [2.45, 2.75) is 11.1 Å². The van der Waals surface area contributed by atoms with E-state index in [-0.39, 0.29) is 5.56 Å². The number of alkyl halides is 3. The number of carbonyl (C=O) groups excluding carboxylic acids is 1. The van der Waals surface area contributed by atoms with Gasteiger partial charge in [-0.05, 0) is 24.5 Å². The molecule has 2 nitrogen and oxygen atoms in total. The van der Waals surface area contributed by atoms with Crippen molar-refractivity contribution in [2.24, 2.45) is 0 Å². The standard InChI is InChI=1S/C10H9F3O2S/c1-15-7-4-3-6(5-8(7)16-2)9(14)10(11,12)13/h3-5H,1-2H3. The second kappa shape index (κ2) is 4.78. The predicted octanol–water partition coefficient (Wildman–Crippen LogP) is 3.16. The van der Waals surface area contributed by atoms with E-state index < -0.39 is 12.0 Å². The molecule has 0 atom stereocenters. The number of Topliss-reactive ketones (excluding diaryl/α,β-unsaturated/α-hetero) is 1. The van der Waals surface area contributed by atoms with Crippen LogP contribution in [0, 0.1) is 0 Å². The first-order valence-electron chi connectivity index (χ1n) is 4.23. The van der Waals surface area contributed by atoms with Crippen molar-refractivity contribution in [3.8, 4) is 5.75 Å². The smallest absolute Gasteiger partial charge is 0.454 e. The van der Waals surface area contributed by atoms with Crippen molar-refractivity contribution in [1.82, 2.24) is 0 Å². The van der Waals surface area contributed by atoms with Crippen LogP contribution in [0.2, 0.25) is 0 Å². The lowest BCUT2D eigenvalue weighted by Gasteiger charge is -2.09. The molecule has 0 amide bonds. The lowest BCUT2D eigenvalue weighted by atomic mass is 10.1. The third kappa shape index (κ3) is 2.69. The van der Waals surface area contributed by atoms with Crippen molar-refractivity contribution >= 4 is 17.5 Å². The highest BCUT2D eigenvalue weighted by atomic mass is 32.2. The zero-order chi connectivity index (χ0) is 12.3. The molecule has 0 saturated carbocycles. The second-order valence-corrected chi connectivity index (χ2v) is 3.74. The average molecular weight is 250 g/mol. The molecule has 0 bridgehead atoms. The van der Waals surface area contributed by atoms with Crippen LogP contribution >= 0.6 is 11.8 Å². The van der Waals surface area contributed by atoms with Gasteiger partial charge in [-0.1, -0.05) is 0 Å². The van der Waals surface area contributed by atoms with Crippen molar-refractivity contribution in [3.63, 3.8) is 0 Å². The molecule has 1 rings (SSSR count). The van der Waals surface area contributed by atoms with Crippen LogP contribution in [-0.4, -0.2) is 25.3 Å². The summed E-state index contributed by atoms with van der Waals surface area (Å²) in [5, 5.41) is 0. The Labute approximate surface area is 94.8 Å². The van der Waals surface area contributed by atoms with E-state index in [1.165, 1.54) is 31.0 Å². The van der Waals surface area contributed by atoms with Gasteiger partial charge in [-0.15, -0.1) is 11.8 Å². The Morgan fingerprint density at radius 3 is 2.44 bits per heavy atom. The Morgan fingerprint density at radius 2 is 2.00 bits per heavy atom. The third-order valence-corrected chi connectivity index (χ3v) is 2.66. The first-order valence-corrected chi connectivity index (χ1v) is 5.46. The topological polar surface area (TPSA) is 26.3 Å². The quantitative estimate of drug-likeness (QED) is 0.609. The predicted molar refractivity (Wildman–Crippen MR) is 55.2 cm³/mol. The summed E-state index contributed by atoms with van der Waals surface area (Å²) < 4.78 is 41.4. The summed E-state index contributed by atoms with van der Waals surface area (Å²) in [5.41, 5.74) is -0.377. The van der Waals surface area contributed by atoms with Gasteiger partial charge in [-0.2, -0.15) is 13.2 Å². The molecule has 1 aromatic carbocycles. The van der Waals surface area contributed by atoms with Gasteiger partial charge in [-0.3, -0.25) is 4.79 Å². The highest BCUT2D eigenvalue weighted by Gasteiger charge is 2.39. The summed E-state index contributed by atoms with van der Waals surface area (Å²) in [6.45, 7) is 0. The maximum absolute atomic E-state index is 12.2. The maximum Gasteiger partial charge on any atom is 0.454 e. The minimum absolute atomic E-state index is 0.377. The SMILES string of the molecule is COc1ccc(C(=O)C(F)(F)F)cc1SC. The zero-order valence-corrected chi connectivity index (χ0v) is 9.41. The van der Waals surface area contributed by atoms with E-state index in [0.717, 1.165) is 6.07 Å². The molecule has 16 heavy (non-hydrogen) atoms. The van der Waals surface area contributed by atoms with Crippen LogP contribution in [0.25, 0.3) is 0 Å². The van der Waals surface area contributed by atoms with Gasteiger partial charge in [0.15, 0.2) is 0 Å². The van der Waals surface area contributed by atoms with Crippen molar-refractivity contribution in [2.75, 3.05) is 13.4 Å². The van der Waals surface area contributed by atoms with E-state index in [0.29, 0.717) is 10.6 Å². The molecule has 0 N–H and O–H groups in total. The molecule has 88 valence electrons. The van der Waals surface area contributed by atoms with E-state index in [4.69, 9.17) is 4.74 Å². The van der Waals surface area contributed by atoms with Gasteiger partial charge in [0.25, 0.3) is 5.78 Å². The van der Waals surface area contributed by atoms with E-state index in [1.54, 1.807) is 6.26 Å². The molecular formula is C10H9F3O2S. The number of carbonyl (C=O) groups is 1. The fraction of sp³-hybridized carbons (Fsp3) is 0.300. The fourth-order valence-corrected chi connectivity index (χ4v) is 1.74. The summed E-state index contributed by atoms with van der Waals surface area (Å²) in [4.78, 5) is 11.5. The van der Waals surface area contributed by atoms with Gasteiger partial charge in [0, 0.05) is 10.5 Å². The highest BCUT2D eigenvalue weighted by Crippen LogP contribution is 2.30. The Hall–Kier alpha value is -1.17. The van der Waals surface area contributed by atoms with E-state index in [9.17, 15) is 18.0 Å². The lowest BCUT2D eigenvalue weighted by Crippen LogP contribution is -2.22. The van der Waals surface area contributed by atoms with Crippen molar-refractivity contribution < 1.29 is 22.7 Å². The molecular weight excluding hydrogens is 241 g/mol. The van der Waals surface area contributed by atoms with Crippen LogP contribution in [-0.2, 0) is 0 Å². The molecule has 6 heteroatoms. The normalized spacial score (nSPS) is 11.3. The first kappa shape index (κ1) is 12.9. The Kier molecular flexibility index (Phi) is 3.85. The van der Waals surface area contributed by atoms with Crippen LogP contribution in [0.4, 0.5) is 13.2 Å². The van der Waals surface area contributed by atoms with Gasteiger partial charge in [0.05, 0.1) is 7.11 Å². The summed E-state index contributed by atoms with van der Waals surface area (Å²) in [6.07, 6.45) is -3.15. The Balaban J connectivity index is 3.13. The molecule has 0 aliphatic heterocycles. The maximum atomic E-state index is 12.2. The van der Waals surface area contributed by atoms with Crippen LogP contribution in [0.15, 0.2) is 23.1 Å². The van der Waals surface area contributed by atoms with Gasteiger partial charge >= 0.3 is 6.18 Å². The molecule has 0 heterocycles. The summed E-state index contributed by atoms with van der Waals surface area (Å²) in [7, 11) is 1.42. The molecule has 0 aliphatic carbocycles. The molecule has 0 aliphatic rings. The number of hydrogen-bond donors (Lipinski definition) is 0. The van der Waals surface area contributed by atoms with Gasteiger partial charge < -0.3 is 4.74 Å². The number of rotatable bonds is 3. The van der Waals surface area contributed by atoms with Crippen LogP contribution < -0.4 is 4.74 Å². The molecule has 1 aromatic rings. The number of hydrogen-bond acceptors (Lipinski definition) is 3. The Morgan fingerprint density at radius 1 is 1.38 bits per heavy atom.